The van der Waals surface area contributed by atoms with Gasteiger partial charge in [-0.1, -0.05) is 6.92 Å². The maximum Gasteiger partial charge on any atom is 0.222 e. The first-order valence-corrected chi connectivity index (χ1v) is 7.26. The van der Waals surface area contributed by atoms with Crippen LogP contribution in [0.1, 0.15) is 27.2 Å². The zero-order valence-electron chi connectivity index (χ0n) is 12.8. The van der Waals surface area contributed by atoms with E-state index in [-0.39, 0.29) is 18.0 Å². The second kappa shape index (κ2) is 6.11. The first-order chi connectivity index (χ1) is 9.56. The van der Waals surface area contributed by atoms with Gasteiger partial charge in [0.2, 0.25) is 5.91 Å². The Hall–Kier alpha value is -1.78. The maximum absolute atomic E-state index is 12.0. The molecule has 5 nitrogen and oxygen atoms in total. The third-order valence-corrected chi connectivity index (χ3v) is 3.87. The van der Waals surface area contributed by atoms with E-state index in [4.69, 9.17) is 0 Å². The van der Waals surface area contributed by atoms with Crippen molar-refractivity contribution in [2.45, 2.75) is 39.3 Å². The number of piperazine rings is 1. The molecular formula is C15H24N4O. The smallest absolute Gasteiger partial charge is 0.222 e. The highest BCUT2D eigenvalue weighted by Crippen LogP contribution is 2.22. The van der Waals surface area contributed by atoms with Crippen LogP contribution in [0, 0.1) is 0 Å². The number of amides is 1. The van der Waals surface area contributed by atoms with Crippen LogP contribution in [0.4, 0.5) is 11.5 Å². The van der Waals surface area contributed by atoms with E-state index in [0.29, 0.717) is 6.42 Å². The van der Waals surface area contributed by atoms with Crippen LogP contribution in [0.25, 0.3) is 0 Å². The molecule has 0 aromatic carbocycles. The van der Waals surface area contributed by atoms with Crippen molar-refractivity contribution in [3.8, 4) is 0 Å². The highest BCUT2D eigenvalue weighted by molar-refractivity contribution is 5.77. The van der Waals surface area contributed by atoms with E-state index in [0.717, 1.165) is 24.6 Å². The number of hydrogen-bond acceptors (Lipinski definition) is 4. The van der Waals surface area contributed by atoms with Gasteiger partial charge in [0.1, 0.15) is 5.82 Å². The van der Waals surface area contributed by atoms with Crippen molar-refractivity contribution in [1.82, 2.24) is 9.88 Å². The van der Waals surface area contributed by atoms with Crippen molar-refractivity contribution in [2.24, 2.45) is 0 Å². The first kappa shape index (κ1) is 14.6. The highest BCUT2D eigenvalue weighted by Gasteiger charge is 2.32. The van der Waals surface area contributed by atoms with E-state index in [2.05, 4.69) is 29.0 Å². The zero-order valence-corrected chi connectivity index (χ0v) is 12.8. The molecule has 1 aromatic rings. The Balaban J connectivity index is 2.11. The highest BCUT2D eigenvalue weighted by atomic mass is 16.2. The Morgan fingerprint density at radius 3 is 2.45 bits per heavy atom. The standard InChI is InChI=1S/C15H24N4O/c1-5-15(20)19-11(2)9-18(10-12(19)3)14-7-6-13(16-4)8-17-14/h6-8,11-12,16H,5,9-10H2,1-4H3. The molecule has 2 rings (SSSR count). The maximum atomic E-state index is 12.0. The van der Waals surface area contributed by atoms with Gasteiger partial charge in [0, 0.05) is 38.6 Å². The average molecular weight is 276 g/mol. The van der Waals surface area contributed by atoms with Crippen molar-refractivity contribution in [3.05, 3.63) is 18.3 Å². The van der Waals surface area contributed by atoms with Gasteiger partial charge in [0.15, 0.2) is 0 Å². The molecule has 0 aliphatic carbocycles. The lowest BCUT2D eigenvalue weighted by atomic mass is 10.1. The van der Waals surface area contributed by atoms with Gasteiger partial charge >= 0.3 is 0 Å². The van der Waals surface area contributed by atoms with Crippen LogP contribution in [0.15, 0.2) is 18.3 Å². The van der Waals surface area contributed by atoms with Crippen LogP contribution >= 0.6 is 0 Å². The minimum atomic E-state index is 0.219. The second-order valence-electron chi connectivity index (χ2n) is 5.41. The number of aromatic nitrogens is 1. The van der Waals surface area contributed by atoms with Crippen LogP contribution in [0.5, 0.6) is 0 Å². The summed E-state index contributed by atoms with van der Waals surface area (Å²) in [6.07, 6.45) is 2.41. The molecular weight excluding hydrogens is 252 g/mol. The molecule has 1 aliphatic heterocycles. The molecule has 0 spiro atoms. The summed E-state index contributed by atoms with van der Waals surface area (Å²) in [6.45, 7) is 7.81. The molecule has 0 radical (unpaired) electrons. The summed E-state index contributed by atoms with van der Waals surface area (Å²) in [7, 11) is 1.88. The molecule has 1 aromatic heterocycles. The van der Waals surface area contributed by atoms with E-state index in [1.165, 1.54) is 0 Å². The summed E-state index contributed by atoms with van der Waals surface area (Å²) >= 11 is 0. The second-order valence-corrected chi connectivity index (χ2v) is 5.41. The molecule has 2 heterocycles. The Morgan fingerprint density at radius 2 is 2.00 bits per heavy atom. The molecule has 1 N–H and O–H groups in total. The fraction of sp³-hybridized carbons (Fsp3) is 0.600. The summed E-state index contributed by atoms with van der Waals surface area (Å²) in [5.41, 5.74) is 1.01. The molecule has 0 saturated carbocycles. The number of rotatable bonds is 3. The van der Waals surface area contributed by atoms with Gasteiger partial charge in [-0.15, -0.1) is 0 Å². The summed E-state index contributed by atoms with van der Waals surface area (Å²) in [4.78, 5) is 20.8. The van der Waals surface area contributed by atoms with Gasteiger partial charge < -0.3 is 15.1 Å². The predicted molar refractivity (Wildman–Crippen MR) is 82.1 cm³/mol. The normalized spacial score (nSPS) is 22.8. The summed E-state index contributed by atoms with van der Waals surface area (Å²) < 4.78 is 0. The van der Waals surface area contributed by atoms with E-state index in [9.17, 15) is 4.79 Å². The van der Waals surface area contributed by atoms with Crippen LogP contribution in [-0.4, -0.2) is 48.0 Å². The van der Waals surface area contributed by atoms with Crippen molar-refractivity contribution in [2.75, 3.05) is 30.4 Å². The molecule has 2 unspecified atom stereocenters. The number of carbonyl (C=O) groups is 1. The topological polar surface area (TPSA) is 48.5 Å². The minimum absolute atomic E-state index is 0.219. The molecule has 20 heavy (non-hydrogen) atoms. The number of carbonyl (C=O) groups excluding carboxylic acids is 1. The first-order valence-electron chi connectivity index (χ1n) is 7.26. The third kappa shape index (κ3) is 2.86. The van der Waals surface area contributed by atoms with Crippen LogP contribution in [0.2, 0.25) is 0 Å². The van der Waals surface area contributed by atoms with E-state index >= 15 is 0 Å². The molecule has 1 fully saturated rings. The van der Waals surface area contributed by atoms with Crippen LogP contribution in [0.3, 0.4) is 0 Å². The number of nitrogens with zero attached hydrogens (tertiary/aromatic N) is 3. The lowest BCUT2D eigenvalue weighted by Crippen LogP contribution is -2.58. The molecule has 2 atom stereocenters. The third-order valence-electron chi connectivity index (χ3n) is 3.87. The average Bonchev–Trinajstić information content (AvgIpc) is 2.46. The summed E-state index contributed by atoms with van der Waals surface area (Å²) in [5.74, 6) is 1.22. The fourth-order valence-corrected chi connectivity index (χ4v) is 2.91. The number of pyridine rings is 1. The summed E-state index contributed by atoms with van der Waals surface area (Å²) in [6, 6.07) is 4.50. The largest absolute Gasteiger partial charge is 0.387 e. The van der Waals surface area contributed by atoms with Gasteiger partial charge in [-0.2, -0.15) is 0 Å². The fourth-order valence-electron chi connectivity index (χ4n) is 2.91. The Bertz CT molecular complexity index is 447. The van der Waals surface area contributed by atoms with Crippen LogP contribution in [-0.2, 0) is 4.79 Å². The van der Waals surface area contributed by atoms with Crippen molar-refractivity contribution in [1.29, 1.82) is 0 Å². The molecule has 110 valence electrons. The molecule has 1 amide bonds. The van der Waals surface area contributed by atoms with Crippen molar-refractivity contribution in [3.63, 3.8) is 0 Å². The molecule has 1 aliphatic rings. The van der Waals surface area contributed by atoms with E-state index < -0.39 is 0 Å². The van der Waals surface area contributed by atoms with Crippen molar-refractivity contribution < 1.29 is 4.79 Å². The summed E-state index contributed by atoms with van der Waals surface area (Å²) in [5, 5.41) is 3.07. The number of anilines is 2. The van der Waals surface area contributed by atoms with E-state index in [1.807, 2.05) is 37.2 Å². The van der Waals surface area contributed by atoms with Gasteiger partial charge in [0.25, 0.3) is 0 Å². The SMILES string of the molecule is CCC(=O)N1C(C)CN(c2ccc(NC)cn2)CC1C. The predicted octanol–water partition coefficient (Wildman–Crippen LogP) is 1.96. The monoisotopic (exact) mass is 276 g/mol. The quantitative estimate of drug-likeness (QED) is 0.917. The Kier molecular flexibility index (Phi) is 4.47. The van der Waals surface area contributed by atoms with Gasteiger partial charge in [-0.25, -0.2) is 4.98 Å². The van der Waals surface area contributed by atoms with E-state index in [1.54, 1.807) is 0 Å². The lowest BCUT2D eigenvalue weighted by molar-refractivity contribution is -0.135. The molecule has 5 heteroatoms. The van der Waals surface area contributed by atoms with Crippen LogP contribution < -0.4 is 10.2 Å². The molecule has 1 saturated heterocycles. The minimum Gasteiger partial charge on any atom is -0.387 e. The van der Waals surface area contributed by atoms with Gasteiger partial charge in [-0.3, -0.25) is 4.79 Å². The number of nitrogens with one attached hydrogen (secondary N) is 1. The Morgan fingerprint density at radius 1 is 1.35 bits per heavy atom. The van der Waals surface area contributed by atoms with Crippen molar-refractivity contribution >= 4 is 17.4 Å². The molecule has 0 bridgehead atoms. The lowest BCUT2D eigenvalue weighted by Gasteiger charge is -2.45. The van der Waals surface area contributed by atoms with Gasteiger partial charge in [-0.05, 0) is 26.0 Å². The number of hydrogen-bond donors (Lipinski definition) is 1. The zero-order chi connectivity index (χ0) is 14.7. The van der Waals surface area contributed by atoms with Gasteiger partial charge in [0.05, 0.1) is 11.9 Å². The Labute approximate surface area is 121 Å².